The number of likely N-dealkylation sites (tertiary alicyclic amines) is 1. The molecule has 6 heteroatoms. The van der Waals surface area contributed by atoms with E-state index >= 15 is 0 Å². The molecule has 1 fully saturated rings. The largest absolute Gasteiger partial charge is 0.465 e. The van der Waals surface area contributed by atoms with Gasteiger partial charge in [-0.05, 0) is 31.5 Å². The van der Waals surface area contributed by atoms with Crippen molar-refractivity contribution in [3.63, 3.8) is 0 Å². The first-order valence-electron chi connectivity index (χ1n) is 8.27. The van der Waals surface area contributed by atoms with Gasteiger partial charge in [0.15, 0.2) is 0 Å². The predicted octanol–water partition coefficient (Wildman–Crippen LogP) is 1.96. The molecule has 4 heterocycles. The lowest BCUT2D eigenvalue weighted by atomic mass is 10.1. The van der Waals surface area contributed by atoms with Crippen LogP contribution in [0.2, 0.25) is 0 Å². The molecule has 4 rings (SSSR count). The van der Waals surface area contributed by atoms with Crippen molar-refractivity contribution in [1.82, 2.24) is 19.6 Å². The zero-order valence-electron chi connectivity index (χ0n) is 13.4. The van der Waals surface area contributed by atoms with Gasteiger partial charge in [-0.2, -0.15) is 5.10 Å². The van der Waals surface area contributed by atoms with Gasteiger partial charge in [-0.3, -0.25) is 14.4 Å². The highest BCUT2D eigenvalue weighted by Gasteiger charge is 2.30. The van der Waals surface area contributed by atoms with E-state index in [-0.39, 0.29) is 11.9 Å². The molecule has 0 spiro atoms. The normalized spacial score (nSPS) is 21.1. The van der Waals surface area contributed by atoms with Crippen LogP contribution in [0.15, 0.2) is 28.8 Å². The molecule has 0 aromatic carbocycles. The van der Waals surface area contributed by atoms with Gasteiger partial charge < -0.3 is 9.32 Å². The van der Waals surface area contributed by atoms with E-state index in [0.717, 1.165) is 50.7 Å². The first kappa shape index (κ1) is 14.5. The van der Waals surface area contributed by atoms with Crippen molar-refractivity contribution < 1.29 is 9.21 Å². The third kappa shape index (κ3) is 2.91. The molecule has 0 radical (unpaired) electrons. The monoisotopic (exact) mass is 314 g/mol. The minimum Gasteiger partial charge on any atom is -0.465 e. The van der Waals surface area contributed by atoms with Crippen LogP contribution in [0.1, 0.15) is 36.1 Å². The predicted molar refractivity (Wildman–Crippen MR) is 84.6 cm³/mol. The molecule has 23 heavy (non-hydrogen) atoms. The van der Waals surface area contributed by atoms with Crippen LogP contribution in [0.3, 0.4) is 0 Å². The Hall–Kier alpha value is -2.08. The van der Waals surface area contributed by atoms with Crippen molar-refractivity contribution in [3.8, 4) is 0 Å². The molecule has 6 nitrogen and oxygen atoms in total. The van der Waals surface area contributed by atoms with Crippen LogP contribution in [-0.4, -0.2) is 45.1 Å². The summed E-state index contributed by atoms with van der Waals surface area (Å²) in [5.74, 6) is 2.16. The summed E-state index contributed by atoms with van der Waals surface area (Å²) in [5, 5.41) is 4.44. The molecule has 0 saturated carbocycles. The summed E-state index contributed by atoms with van der Waals surface area (Å²) in [6.45, 7) is 6.22. The van der Waals surface area contributed by atoms with Gasteiger partial charge in [0.2, 0.25) is 5.91 Å². The Bertz CT molecular complexity index is 701. The summed E-state index contributed by atoms with van der Waals surface area (Å²) in [6.07, 6.45) is 3.49. The zero-order valence-corrected chi connectivity index (χ0v) is 13.4. The van der Waals surface area contributed by atoms with E-state index in [2.05, 4.69) is 10.00 Å². The number of fused-ring (bicyclic) bond motifs is 1. The maximum Gasteiger partial charge on any atom is 0.224 e. The van der Waals surface area contributed by atoms with E-state index in [1.165, 1.54) is 5.69 Å². The summed E-state index contributed by atoms with van der Waals surface area (Å²) in [4.78, 5) is 16.6. The molecular formula is C17H22N4O2. The number of furan rings is 1. The van der Waals surface area contributed by atoms with Gasteiger partial charge in [-0.1, -0.05) is 0 Å². The Morgan fingerprint density at radius 3 is 2.91 bits per heavy atom. The molecule has 2 aromatic heterocycles. The third-order valence-electron chi connectivity index (χ3n) is 4.75. The number of nitrogens with zero attached hydrogens (tertiary/aromatic N) is 4. The van der Waals surface area contributed by atoms with Crippen molar-refractivity contribution in [1.29, 1.82) is 0 Å². The number of aromatic nitrogens is 2. The Kier molecular flexibility index (Phi) is 3.69. The lowest BCUT2D eigenvalue weighted by Crippen LogP contribution is -2.45. The number of hydrogen-bond donors (Lipinski definition) is 0. The number of rotatable bonds is 4. The van der Waals surface area contributed by atoms with E-state index in [1.54, 1.807) is 0 Å². The highest BCUT2D eigenvalue weighted by molar-refractivity contribution is 5.77. The summed E-state index contributed by atoms with van der Waals surface area (Å²) in [7, 11) is 0. The van der Waals surface area contributed by atoms with E-state index in [0.29, 0.717) is 6.42 Å². The molecule has 2 aliphatic rings. The molecule has 122 valence electrons. The van der Waals surface area contributed by atoms with E-state index in [9.17, 15) is 4.79 Å². The first-order chi connectivity index (χ1) is 11.2. The zero-order chi connectivity index (χ0) is 15.8. The molecule has 1 saturated heterocycles. The molecular weight excluding hydrogens is 292 g/mol. The van der Waals surface area contributed by atoms with Crippen LogP contribution in [0.5, 0.6) is 0 Å². The number of aryl methyl sites for hydroxylation is 1. The maximum absolute atomic E-state index is 12.3. The van der Waals surface area contributed by atoms with Crippen molar-refractivity contribution in [3.05, 3.63) is 41.6 Å². The summed E-state index contributed by atoms with van der Waals surface area (Å²) >= 11 is 0. The number of carbonyl (C=O) groups is 1. The topological polar surface area (TPSA) is 54.5 Å². The van der Waals surface area contributed by atoms with Gasteiger partial charge in [0.25, 0.3) is 0 Å². The minimum absolute atomic E-state index is 0.109. The van der Waals surface area contributed by atoms with Gasteiger partial charge in [0.05, 0.1) is 24.7 Å². The van der Waals surface area contributed by atoms with Crippen molar-refractivity contribution in [2.45, 2.75) is 38.9 Å². The van der Waals surface area contributed by atoms with E-state index < -0.39 is 0 Å². The third-order valence-corrected chi connectivity index (χ3v) is 4.75. The molecule has 2 aliphatic heterocycles. The molecule has 0 bridgehead atoms. The maximum atomic E-state index is 12.3. The second-order valence-electron chi connectivity index (χ2n) is 6.54. The first-order valence-corrected chi connectivity index (χ1v) is 8.27. The SMILES string of the molecule is Cc1ccc(CN2Cc3ccnn3[C@@H](CC(=O)N3CCC3)C2)o1. The van der Waals surface area contributed by atoms with Gasteiger partial charge in [-0.25, -0.2) is 0 Å². The Labute approximate surface area is 135 Å². The second-order valence-corrected chi connectivity index (χ2v) is 6.54. The van der Waals surface area contributed by atoms with Crippen molar-refractivity contribution >= 4 is 5.91 Å². The van der Waals surface area contributed by atoms with Gasteiger partial charge in [-0.15, -0.1) is 0 Å². The van der Waals surface area contributed by atoms with E-state index in [4.69, 9.17) is 4.42 Å². The Morgan fingerprint density at radius 2 is 2.22 bits per heavy atom. The molecule has 2 aromatic rings. The number of amides is 1. The fourth-order valence-corrected chi connectivity index (χ4v) is 3.42. The van der Waals surface area contributed by atoms with Crippen LogP contribution in [-0.2, 0) is 17.9 Å². The summed E-state index contributed by atoms with van der Waals surface area (Å²) < 4.78 is 7.73. The van der Waals surface area contributed by atoms with E-state index in [1.807, 2.05) is 40.9 Å². The van der Waals surface area contributed by atoms with Crippen molar-refractivity contribution in [2.75, 3.05) is 19.6 Å². The van der Waals surface area contributed by atoms with Crippen LogP contribution in [0.4, 0.5) is 0 Å². The fraction of sp³-hybridized carbons (Fsp3) is 0.529. The van der Waals surface area contributed by atoms with Gasteiger partial charge in [0.1, 0.15) is 11.5 Å². The highest BCUT2D eigenvalue weighted by Crippen LogP contribution is 2.26. The average molecular weight is 314 g/mol. The lowest BCUT2D eigenvalue weighted by Gasteiger charge is -2.36. The second kappa shape index (κ2) is 5.85. The van der Waals surface area contributed by atoms with Gasteiger partial charge >= 0.3 is 0 Å². The smallest absolute Gasteiger partial charge is 0.224 e. The molecule has 0 aliphatic carbocycles. The summed E-state index contributed by atoms with van der Waals surface area (Å²) in [5.41, 5.74) is 1.17. The molecule has 1 atom stereocenters. The molecule has 0 N–H and O–H groups in total. The van der Waals surface area contributed by atoms with Gasteiger partial charge in [0, 0.05) is 32.4 Å². The lowest BCUT2D eigenvalue weighted by molar-refractivity contribution is -0.135. The molecule has 0 unspecified atom stereocenters. The standard InChI is InChI=1S/C17H22N4O2/c1-13-3-4-16(23-13)12-19-10-14-5-6-18-21(14)15(11-19)9-17(22)20-7-2-8-20/h3-6,15H,2,7-12H2,1H3/t15-/m0/s1. The number of carbonyl (C=O) groups excluding carboxylic acids is 1. The van der Waals surface area contributed by atoms with Crippen LogP contribution >= 0.6 is 0 Å². The van der Waals surface area contributed by atoms with Crippen molar-refractivity contribution in [2.24, 2.45) is 0 Å². The highest BCUT2D eigenvalue weighted by atomic mass is 16.3. The minimum atomic E-state index is 0.109. The summed E-state index contributed by atoms with van der Waals surface area (Å²) in [6, 6.07) is 6.18. The van der Waals surface area contributed by atoms with Crippen LogP contribution in [0.25, 0.3) is 0 Å². The fourth-order valence-electron chi connectivity index (χ4n) is 3.42. The average Bonchev–Trinajstić information content (AvgIpc) is 3.06. The molecule has 1 amide bonds. The van der Waals surface area contributed by atoms with Crippen LogP contribution in [0, 0.1) is 6.92 Å². The Balaban J connectivity index is 1.48. The quantitative estimate of drug-likeness (QED) is 0.866. The van der Waals surface area contributed by atoms with Crippen LogP contribution < -0.4 is 0 Å². The number of hydrogen-bond acceptors (Lipinski definition) is 4. The Morgan fingerprint density at radius 1 is 1.35 bits per heavy atom.